The first-order chi connectivity index (χ1) is 13.7. The van der Waals surface area contributed by atoms with Crippen LogP contribution in [0.2, 0.25) is 0 Å². The number of benzene rings is 1. The fourth-order valence-corrected chi connectivity index (χ4v) is 3.19. The van der Waals surface area contributed by atoms with Crippen molar-refractivity contribution >= 4 is 17.2 Å². The Balaban J connectivity index is 1.67. The number of nitrogens with two attached hydrogens (primary N) is 1. The fraction of sp³-hybridized carbons (Fsp3) is 0.444. The minimum Gasteiger partial charge on any atom is -0.399 e. The summed E-state index contributed by atoms with van der Waals surface area (Å²) in [6.45, 7) is 3.36. The number of methoxy groups -OCH3 is 2. The topological polar surface area (TPSA) is 101 Å². The molecule has 3 heterocycles. The first-order valence-corrected chi connectivity index (χ1v) is 9.14. The first kappa shape index (κ1) is 18.8. The zero-order chi connectivity index (χ0) is 19.5. The molecule has 1 aromatic carbocycles. The lowest BCUT2D eigenvalue weighted by Crippen LogP contribution is -2.57. The van der Waals surface area contributed by atoms with Crippen LogP contribution >= 0.6 is 0 Å². The normalized spacial score (nSPS) is 17.4. The number of ether oxygens (including phenoxy) is 3. The van der Waals surface area contributed by atoms with Crippen LogP contribution in [-0.4, -0.2) is 68.3 Å². The molecule has 28 heavy (non-hydrogen) atoms. The Morgan fingerprint density at radius 2 is 1.89 bits per heavy atom. The minimum atomic E-state index is -0.403. The number of hydrogen-bond donors (Lipinski definition) is 2. The predicted octanol–water partition coefficient (Wildman–Crippen LogP) is 0.638. The van der Waals surface area contributed by atoms with Crippen LogP contribution in [0.25, 0.3) is 11.4 Å². The summed E-state index contributed by atoms with van der Waals surface area (Å²) in [6, 6.07) is 7.51. The van der Waals surface area contributed by atoms with E-state index in [-0.39, 0.29) is 0 Å². The van der Waals surface area contributed by atoms with Gasteiger partial charge in [-0.2, -0.15) is 5.01 Å². The summed E-state index contributed by atoms with van der Waals surface area (Å²) in [7, 11) is 3.23. The van der Waals surface area contributed by atoms with Gasteiger partial charge in [0.05, 0.1) is 26.0 Å². The average Bonchev–Trinajstić information content (AvgIpc) is 3.11. The number of hydrogen-bond acceptors (Lipinski definition) is 10. The van der Waals surface area contributed by atoms with E-state index in [2.05, 4.69) is 15.5 Å². The van der Waals surface area contributed by atoms with Gasteiger partial charge in [0.2, 0.25) is 0 Å². The van der Waals surface area contributed by atoms with Crippen molar-refractivity contribution in [1.82, 2.24) is 20.5 Å². The van der Waals surface area contributed by atoms with Crippen LogP contribution in [0, 0.1) is 0 Å². The van der Waals surface area contributed by atoms with E-state index in [1.165, 1.54) is 0 Å². The fourth-order valence-electron chi connectivity index (χ4n) is 3.19. The van der Waals surface area contributed by atoms with Crippen molar-refractivity contribution in [2.45, 2.75) is 6.29 Å². The van der Waals surface area contributed by atoms with Crippen molar-refractivity contribution in [3.8, 4) is 11.4 Å². The summed E-state index contributed by atoms with van der Waals surface area (Å²) in [5.41, 5.74) is 11.6. The third kappa shape index (κ3) is 3.73. The second-order valence-corrected chi connectivity index (χ2v) is 6.51. The lowest BCUT2D eigenvalue weighted by atomic mass is 10.2. The Hall–Kier alpha value is -2.50. The number of nitrogen functional groups attached to an aromatic ring is 1. The van der Waals surface area contributed by atoms with Crippen LogP contribution in [0.3, 0.4) is 0 Å². The molecule has 2 aromatic rings. The van der Waals surface area contributed by atoms with Crippen LogP contribution in [0.1, 0.15) is 0 Å². The summed E-state index contributed by atoms with van der Waals surface area (Å²) in [4.78, 5) is 9.37. The maximum absolute atomic E-state index is 5.79. The number of fused-ring (bicyclic) bond motifs is 1. The highest BCUT2D eigenvalue weighted by Gasteiger charge is 2.34. The van der Waals surface area contributed by atoms with E-state index in [1.54, 1.807) is 14.2 Å². The second kappa shape index (κ2) is 8.25. The Kier molecular flexibility index (Phi) is 5.55. The zero-order valence-corrected chi connectivity index (χ0v) is 16.0. The smallest absolute Gasteiger partial charge is 0.175 e. The van der Waals surface area contributed by atoms with E-state index in [1.807, 2.05) is 40.6 Å². The van der Waals surface area contributed by atoms with Gasteiger partial charge >= 0.3 is 0 Å². The number of anilines is 3. The van der Waals surface area contributed by atoms with Gasteiger partial charge in [0, 0.05) is 38.6 Å². The van der Waals surface area contributed by atoms with Crippen molar-refractivity contribution in [2.75, 3.05) is 62.9 Å². The van der Waals surface area contributed by atoms with E-state index in [4.69, 9.17) is 24.9 Å². The molecular weight excluding hydrogens is 362 g/mol. The molecule has 1 saturated heterocycles. The highest BCUT2D eigenvalue weighted by atomic mass is 16.7. The minimum absolute atomic E-state index is 0.403. The van der Waals surface area contributed by atoms with Crippen molar-refractivity contribution < 1.29 is 14.2 Å². The van der Waals surface area contributed by atoms with Gasteiger partial charge in [-0.15, -0.1) is 5.53 Å². The molecule has 0 saturated carbocycles. The summed E-state index contributed by atoms with van der Waals surface area (Å²) in [5, 5.41) is 6.04. The molecule has 2 aliphatic heterocycles. The third-order valence-corrected chi connectivity index (χ3v) is 4.75. The molecule has 0 spiro atoms. The van der Waals surface area contributed by atoms with Gasteiger partial charge in [0.1, 0.15) is 5.69 Å². The highest BCUT2D eigenvalue weighted by Crippen LogP contribution is 2.34. The molecule has 0 radical (unpaired) electrons. The van der Waals surface area contributed by atoms with Crippen molar-refractivity contribution in [1.29, 1.82) is 0 Å². The number of aromatic nitrogens is 2. The number of nitrogens with zero attached hydrogens (tertiary/aromatic N) is 5. The molecule has 1 fully saturated rings. The molecule has 10 nitrogen and oxygen atoms in total. The Morgan fingerprint density at radius 1 is 1.18 bits per heavy atom. The van der Waals surface area contributed by atoms with Crippen LogP contribution in [0.15, 0.2) is 30.5 Å². The van der Waals surface area contributed by atoms with Crippen LogP contribution in [0.4, 0.5) is 17.2 Å². The summed E-state index contributed by atoms with van der Waals surface area (Å²) >= 11 is 0. The Labute approximate surface area is 163 Å². The van der Waals surface area contributed by atoms with Crippen molar-refractivity contribution in [3.05, 3.63) is 30.5 Å². The molecule has 0 unspecified atom stereocenters. The van der Waals surface area contributed by atoms with E-state index in [0.29, 0.717) is 31.3 Å². The first-order valence-electron chi connectivity index (χ1n) is 9.14. The lowest BCUT2D eigenvalue weighted by molar-refractivity contribution is -0.0962. The third-order valence-electron chi connectivity index (χ3n) is 4.75. The molecule has 150 valence electrons. The van der Waals surface area contributed by atoms with Crippen LogP contribution in [-0.2, 0) is 14.2 Å². The Bertz CT molecular complexity index is 794. The highest BCUT2D eigenvalue weighted by molar-refractivity contribution is 5.72. The van der Waals surface area contributed by atoms with Gasteiger partial charge in [-0.25, -0.2) is 15.1 Å². The van der Waals surface area contributed by atoms with E-state index < -0.39 is 6.29 Å². The van der Waals surface area contributed by atoms with Crippen LogP contribution in [0.5, 0.6) is 0 Å². The molecule has 1 aromatic heterocycles. The molecule has 0 aliphatic carbocycles. The molecule has 0 bridgehead atoms. The van der Waals surface area contributed by atoms with Gasteiger partial charge in [0.15, 0.2) is 17.9 Å². The SMILES string of the molecule is COC(CN1NN(N2CCOCC2)c2cnc(-c3ccc(N)cc3)nc21)OC. The van der Waals surface area contributed by atoms with Gasteiger partial charge < -0.3 is 19.9 Å². The van der Waals surface area contributed by atoms with E-state index in [0.717, 1.165) is 30.2 Å². The molecular formula is C18H25N7O3. The molecule has 2 aliphatic rings. The number of rotatable bonds is 6. The summed E-state index contributed by atoms with van der Waals surface area (Å²) in [5.74, 6) is 1.38. The van der Waals surface area contributed by atoms with Crippen molar-refractivity contribution in [2.24, 2.45) is 0 Å². The van der Waals surface area contributed by atoms with Gasteiger partial charge in [0.25, 0.3) is 0 Å². The molecule has 4 rings (SSSR count). The number of nitrogens with one attached hydrogen (secondary N) is 1. The maximum Gasteiger partial charge on any atom is 0.175 e. The summed E-state index contributed by atoms with van der Waals surface area (Å²) < 4.78 is 16.2. The number of hydrazine groups is 3. The standard InChI is InChI=1S/C18H25N7O3/c1-26-16(27-2)12-24-18-15(25(22-24)23-7-9-28-10-8-23)11-20-17(21-18)13-3-5-14(19)6-4-13/h3-6,11,16,22H,7-10,12,19H2,1-2H3. The summed E-state index contributed by atoms with van der Waals surface area (Å²) in [6.07, 6.45) is 1.42. The van der Waals surface area contributed by atoms with E-state index in [9.17, 15) is 0 Å². The number of morpholine rings is 1. The largest absolute Gasteiger partial charge is 0.399 e. The maximum atomic E-state index is 5.79. The lowest BCUT2D eigenvalue weighted by Gasteiger charge is -2.35. The molecule has 3 N–H and O–H groups in total. The quantitative estimate of drug-likeness (QED) is 0.542. The van der Waals surface area contributed by atoms with Crippen molar-refractivity contribution in [3.63, 3.8) is 0 Å². The predicted molar refractivity (Wildman–Crippen MR) is 105 cm³/mol. The Morgan fingerprint density at radius 3 is 2.57 bits per heavy atom. The van der Waals surface area contributed by atoms with Gasteiger partial charge in [-0.05, 0) is 24.3 Å². The molecule has 0 amide bonds. The second-order valence-electron chi connectivity index (χ2n) is 6.51. The van der Waals surface area contributed by atoms with Gasteiger partial charge in [-0.3, -0.25) is 5.01 Å². The molecule has 10 heteroatoms. The monoisotopic (exact) mass is 387 g/mol. The average molecular weight is 387 g/mol. The van der Waals surface area contributed by atoms with Gasteiger partial charge in [-0.1, -0.05) is 0 Å². The van der Waals surface area contributed by atoms with Crippen LogP contribution < -0.4 is 21.4 Å². The zero-order valence-electron chi connectivity index (χ0n) is 16.0. The van der Waals surface area contributed by atoms with E-state index >= 15 is 0 Å². The molecule has 0 atom stereocenters.